The van der Waals surface area contributed by atoms with Gasteiger partial charge in [0.05, 0.1) is 5.25 Å². The van der Waals surface area contributed by atoms with Crippen LogP contribution in [0.5, 0.6) is 0 Å². The maximum atomic E-state index is 13.1. The summed E-state index contributed by atoms with van der Waals surface area (Å²) in [5, 5.41) is 12.0. The number of benzene rings is 1. The number of carbonyl (C=O) groups excluding carboxylic acids is 1. The van der Waals surface area contributed by atoms with Crippen molar-refractivity contribution in [1.82, 2.24) is 20.1 Å². The number of carbonyl (C=O) groups is 1. The third-order valence-electron chi connectivity index (χ3n) is 5.03. The summed E-state index contributed by atoms with van der Waals surface area (Å²) in [7, 11) is 1.86. The van der Waals surface area contributed by atoms with E-state index in [1.54, 1.807) is 12.1 Å². The molecule has 0 radical (unpaired) electrons. The van der Waals surface area contributed by atoms with Gasteiger partial charge in [0.2, 0.25) is 5.91 Å². The first-order valence-electron chi connectivity index (χ1n) is 9.08. The summed E-state index contributed by atoms with van der Waals surface area (Å²) >= 11 is 1.39. The fourth-order valence-corrected chi connectivity index (χ4v) is 4.13. The Balaban J connectivity index is 1.65. The number of thioether (sulfide) groups is 1. The molecule has 1 saturated carbocycles. The van der Waals surface area contributed by atoms with Crippen molar-refractivity contribution in [3.63, 3.8) is 0 Å². The molecule has 1 amide bonds. The van der Waals surface area contributed by atoms with Gasteiger partial charge in [-0.15, -0.1) is 10.2 Å². The van der Waals surface area contributed by atoms with Gasteiger partial charge in [-0.2, -0.15) is 0 Å². The number of nitrogens with zero attached hydrogens (tertiary/aromatic N) is 3. The van der Waals surface area contributed by atoms with Crippen molar-refractivity contribution in [2.45, 2.75) is 56.0 Å². The minimum atomic E-state index is -0.284. The van der Waals surface area contributed by atoms with E-state index in [-0.39, 0.29) is 23.0 Å². The van der Waals surface area contributed by atoms with E-state index in [1.807, 2.05) is 18.5 Å². The molecule has 26 heavy (non-hydrogen) atoms. The molecule has 1 aromatic heterocycles. The van der Waals surface area contributed by atoms with Gasteiger partial charge in [0.1, 0.15) is 5.82 Å². The number of nitrogens with one attached hydrogen (secondary N) is 1. The van der Waals surface area contributed by atoms with E-state index in [4.69, 9.17) is 0 Å². The van der Waals surface area contributed by atoms with Gasteiger partial charge in [-0.25, -0.2) is 4.39 Å². The van der Waals surface area contributed by atoms with Crippen LogP contribution in [0.3, 0.4) is 0 Å². The second kappa shape index (κ2) is 8.20. The summed E-state index contributed by atoms with van der Waals surface area (Å²) in [5.41, 5.74) is 0.793. The van der Waals surface area contributed by atoms with Crippen LogP contribution < -0.4 is 5.32 Å². The normalized spacial score (nSPS) is 21.4. The van der Waals surface area contributed by atoms with Crippen molar-refractivity contribution in [3.05, 3.63) is 30.1 Å². The average Bonchev–Trinajstić information content (AvgIpc) is 2.98. The van der Waals surface area contributed by atoms with Crippen LogP contribution in [0.4, 0.5) is 4.39 Å². The number of hydrogen-bond donors (Lipinski definition) is 1. The fraction of sp³-hybridized carbons (Fsp3) is 0.526. The maximum absolute atomic E-state index is 13.1. The quantitative estimate of drug-likeness (QED) is 0.807. The van der Waals surface area contributed by atoms with Crippen LogP contribution in [0.1, 0.15) is 39.5 Å². The molecule has 0 spiro atoms. The van der Waals surface area contributed by atoms with Crippen molar-refractivity contribution in [1.29, 1.82) is 0 Å². The van der Waals surface area contributed by atoms with Gasteiger partial charge in [0, 0.05) is 18.7 Å². The van der Waals surface area contributed by atoms with E-state index in [0.29, 0.717) is 16.9 Å². The Labute approximate surface area is 157 Å². The average molecular weight is 377 g/mol. The van der Waals surface area contributed by atoms with E-state index in [1.165, 1.54) is 43.2 Å². The van der Waals surface area contributed by atoms with E-state index in [0.717, 1.165) is 12.0 Å². The number of amides is 1. The van der Waals surface area contributed by atoms with E-state index in [2.05, 4.69) is 22.4 Å². The van der Waals surface area contributed by atoms with Gasteiger partial charge in [0.15, 0.2) is 11.0 Å². The highest BCUT2D eigenvalue weighted by Crippen LogP contribution is 2.27. The summed E-state index contributed by atoms with van der Waals surface area (Å²) in [6.07, 6.45) is 4.67. The second-order valence-electron chi connectivity index (χ2n) is 7.01. The Bertz CT molecular complexity index is 761. The molecule has 3 rings (SSSR count). The van der Waals surface area contributed by atoms with Crippen LogP contribution in [-0.2, 0) is 11.8 Å². The van der Waals surface area contributed by atoms with Crippen molar-refractivity contribution >= 4 is 17.7 Å². The first kappa shape index (κ1) is 18.9. The Morgan fingerprint density at radius 2 is 1.96 bits per heavy atom. The molecule has 0 unspecified atom stereocenters. The third-order valence-corrected chi connectivity index (χ3v) is 6.16. The van der Waals surface area contributed by atoms with Crippen molar-refractivity contribution in [2.24, 2.45) is 13.0 Å². The first-order valence-corrected chi connectivity index (χ1v) is 9.96. The fourth-order valence-electron chi connectivity index (χ4n) is 3.31. The molecule has 0 saturated heterocycles. The predicted molar refractivity (Wildman–Crippen MR) is 101 cm³/mol. The lowest BCUT2D eigenvalue weighted by Gasteiger charge is -2.30. The Kier molecular flexibility index (Phi) is 5.96. The molecule has 3 atom stereocenters. The number of aromatic nitrogens is 3. The number of rotatable bonds is 5. The molecular formula is C19H25FN4OS. The molecule has 1 heterocycles. The van der Waals surface area contributed by atoms with Crippen LogP contribution in [0.25, 0.3) is 11.4 Å². The van der Waals surface area contributed by atoms with E-state index < -0.39 is 0 Å². The smallest absolute Gasteiger partial charge is 0.233 e. The zero-order chi connectivity index (χ0) is 18.7. The zero-order valence-electron chi connectivity index (χ0n) is 15.4. The molecule has 5 nitrogen and oxygen atoms in total. The van der Waals surface area contributed by atoms with Crippen molar-refractivity contribution < 1.29 is 9.18 Å². The lowest BCUT2D eigenvalue weighted by molar-refractivity contribution is -0.121. The van der Waals surface area contributed by atoms with E-state index >= 15 is 0 Å². The van der Waals surface area contributed by atoms with Gasteiger partial charge < -0.3 is 9.88 Å². The summed E-state index contributed by atoms with van der Waals surface area (Å²) in [5.74, 6) is 0.943. The summed E-state index contributed by atoms with van der Waals surface area (Å²) in [4.78, 5) is 12.6. The van der Waals surface area contributed by atoms with Crippen LogP contribution in [0.15, 0.2) is 29.4 Å². The Hall–Kier alpha value is -1.89. The first-order chi connectivity index (χ1) is 12.5. The topological polar surface area (TPSA) is 59.8 Å². The molecular weight excluding hydrogens is 351 g/mol. The second-order valence-corrected chi connectivity index (χ2v) is 8.32. The molecule has 2 aromatic rings. The lowest BCUT2D eigenvalue weighted by atomic mass is 9.86. The van der Waals surface area contributed by atoms with Gasteiger partial charge in [-0.1, -0.05) is 31.5 Å². The molecule has 1 aliphatic rings. The van der Waals surface area contributed by atoms with E-state index in [9.17, 15) is 9.18 Å². The molecule has 1 N–H and O–H groups in total. The summed E-state index contributed by atoms with van der Waals surface area (Å²) in [6, 6.07) is 6.42. The maximum Gasteiger partial charge on any atom is 0.233 e. The highest BCUT2D eigenvalue weighted by atomic mass is 32.2. The standard InChI is InChI=1S/C19H25FN4OS/c1-12-6-4-5-7-16(12)21-18(25)13(2)26-19-23-22-17(24(19)3)14-8-10-15(20)11-9-14/h8-13,16H,4-7H2,1-3H3,(H,21,25)/t12-,13+,16-/m0/s1. The van der Waals surface area contributed by atoms with Crippen LogP contribution in [0.2, 0.25) is 0 Å². The molecule has 7 heteroatoms. The highest BCUT2D eigenvalue weighted by molar-refractivity contribution is 8.00. The van der Waals surface area contributed by atoms with Crippen molar-refractivity contribution in [2.75, 3.05) is 0 Å². The molecule has 0 aliphatic heterocycles. The monoisotopic (exact) mass is 376 g/mol. The molecule has 1 aromatic carbocycles. The van der Waals surface area contributed by atoms with Crippen LogP contribution in [-0.4, -0.2) is 32.0 Å². The minimum Gasteiger partial charge on any atom is -0.352 e. The predicted octanol–water partition coefficient (Wildman–Crippen LogP) is 3.80. The SMILES string of the molecule is C[C@@H](Sc1nnc(-c2ccc(F)cc2)n1C)C(=O)N[C@H]1CCCC[C@@H]1C. The van der Waals surface area contributed by atoms with Crippen LogP contribution >= 0.6 is 11.8 Å². The molecule has 1 aliphatic carbocycles. The largest absolute Gasteiger partial charge is 0.352 e. The number of halogens is 1. The van der Waals surface area contributed by atoms with Gasteiger partial charge in [-0.05, 0) is 49.9 Å². The van der Waals surface area contributed by atoms with Crippen LogP contribution in [0, 0.1) is 11.7 Å². The van der Waals surface area contributed by atoms with Gasteiger partial charge >= 0.3 is 0 Å². The lowest BCUT2D eigenvalue weighted by Crippen LogP contribution is -2.44. The Morgan fingerprint density at radius 1 is 1.27 bits per heavy atom. The minimum absolute atomic E-state index is 0.0417. The summed E-state index contributed by atoms with van der Waals surface area (Å²) < 4.78 is 14.9. The van der Waals surface area contributed by atoms with Gasteiger partial charge in [0.25, 0.3) is 0 Å². The molecule has 0 bridgehead atoms. The van der Waals surface area contributed by atoms with Crippen molar-refractivity contribution in [3.8, 4) is 11.4 Å². The highest BCUT2D eigenvalue weighted by Gasteiger charge is 2.26. The third kappa shape index (κ3) is 4.26. The summed E-state index contributed by atoms with van der Waals surface area (Å²) in [6.45, 7) is 4.10. The van der Waals surface area contributed by atoms with Gasteiger partial charge in [-0.3, -0.25) is 4.79 Å². The molecule has 1 fully saturated rings. The number of hydrogen-bond acceptors (Lipinski definition) is 4. The Morgan fingerprint density at radius 3 is 2.65 bits per heavy atom. The molecule has 140 valence electrons. The zero-order valence-corrected chi connectivity index (χ0v) is 16.2.